The lowest BCUT2D eigenvalue weighted by Gasteiger charge is -1.94. The molecule has 0 heterocycles. The van der Waals surface area contributed by atoms with E-state index >= 15 is 0 Å². The highest BCUT2D eigenvalue weighted by molar-refractivity contribution is 5.92. The summed E-state index contributed by atoms with van der Waals surface area (Å²) in [7, 11) is 0. The van der Waals surface area contributed by atoms with Crippen LogP contribution in [-0.2, 0) is 4.79 Å². The van der Waals surface area contributed by atoms with Gasteiger partial charge in [0.1, 0.15) is 0 Å². The number of hydrogen-bond acceptors (Lipinski definition) is 4. The van der Waals surface area contributed by atoms with Gasteiger partial charge in [0.25, 0.3) is 11.6 Å². The van der Waals surface area contributed by atoms with E-state index in [-0.39, 0.29) is 16.8 Å². The molecule has 0 fully saturated rings. The molecule has 6 nitrogen and oxygen atoms in total. The topological polar surface area (TPSA) is 110 Å². The Morgan fingerprint density at radius 3 is 2.50 bits per heavy atom. The van der Waals surface area contributed by atoms with E-state index in [4.69, 9.17) is 11.0 Å². The van der Waals surface area contributed by atoms with E-state index in [1.54, 1.807) is 6.07 Å². The number of benzene rings is 1. The van der Waals surface area contributed by atoms with Crippen LogP contribution in [0.25, 0.3) is 0 Å². The number of nitriles is 1. The maximum Gasteiger partial charge on any atom is 0.293 e. The van der Waals surface area contributed by atoms with E-state index in [1.165, 1.54) is 6.07 Å². The van der Waals surface area contributed by atoms with Crippen LogP contribution in [0, 0.1) is 33.3 Å². The molecular formula is C10H5N3O3. The van der Waals surface area contributed by atoms with Crippen molar-refractivity contribution in [2.45, 2.75) is 0 Å². The predicted molar refractivity (Wildman–Crippen MR) is 53.9 cm³/mol. The molecule has 0 saturated carbocycles. The number of nitro groups is 1. The molecule has 1 rings (SSSR count). The third-order valence-electron chi connectivity index (χ3n) is 1.59. The Bertz CT molecular complexity index is 561. The van der Waals surface area contributed by atoms with Gasteiger partial charge in [-0.3, -0.25) is 14.9 Å². The molecule has 6 heteroatoms. The Labute approximate surface area is 90.4 Å². The van der Waals surface area contributed by atoms with E-state index in [0.717, 1.165) is 12.1 Å². The molecule has 16 heavy (non-hydrogen) atoms. The number of carbonyl (C=O) groups excluding carboxylic acids is 1. The second-order valence-corrected chi connectivity index (χ2v) is 2.75. The van der Waals surface area contributed by atoms with Crippen molar-refractivity contribution in [2.24, 2.45) is 5.73 Å². The van der Waals surface area contributed by atoms with Gasteiger partial charge in [0.15, 0.2) is 0 Å². The van der Waals surface area contributed by atoms with E-state index in [2.05, 4.69) is 5.92 Å². The Balaban J connectivity index is 3.27. The first-order valence-corrected chi connectivity index (χ1v) is 4.04. The van der Waals surface area contributed by atoms with Crippen LogP contribution < -0.4 is 5.73 Å². The number of carbonyl (C=O) groups is 1. The van der Waals surface area contributed by atoms with E-state index < -0.39 is 10.8 Å². The molecule has 1 aromatic rings. The van der Waals surface area contributed by atoms with Crippen LogP contribution in [0.1, 0.15) is 11.1 Å². The van der Waals surface area contributed by atoms with Crippen molar-refractivity contribution >= 4 is 11.6 Å². The lowest BCUT2D eigenvalue weighted by molar-refractivity contribution is -0.384. The van der Waals surface area contributed by atoms with Crippen LogP contribution in [0.15, 0.2) is 18.2 Å². The number of primary amides is 1. The van der Waals surface area contributed by atoms with Crippen molar-refractivity contribution in [3.05, 3.63) is 39.4 Å². The summed E-state index contributed by atoms with van der Waals surface area (Å²) in [6.07, 6.45) is 0. The van der Waals surface area contributed by atoms with Gasteiger partial charge in [0.2, 0.25) is 0 Å². The zero-order valence-corrected chi connectivity index (χ0v) is 7.93. The number of nitro benzene ring substituents is 1. The molecule has 0 saturated heterocycles. The van der Waals surface area contributed by atoms with Gasteiger partial charge < -0.3 is 5.73 Å². The summed E-state index contributed by atoms with van der Waals surface area (Å²) in [5, 5.41) is 19.1. The molecule has 1 amide bonds. The Hall–Kier alpha value is -2.86. The molecule has 2 N–H and O–H groups in total. The maximum atomic E-state index is 10.5. The molecule has 0 aliphatic heterocycles. The second-order valence-electron chi connectivity index (χ2n) is 2.75. The van der Waals surface area contributed by atoms with Crippen LogP contribution in [0.3, 0.4) is 0 Å². The molecule has 0 spiro atoms. The predicted octanol–water partition coefficient (Wildman–Crippen LogP) is 0.303. The summed E-state index contributed by atoms with van der Waals surface area (Å²) in [6, 6.07) is 5.38. The zero-order chi connectivity index (χ0) is 12.1. The molecule has 0 bridgehead atoms. The highest BCUT2D eigenvalue weighted by Gasteiger charge is 2.08. The third kappa shape index (κ3) is 2.82. The minimum absolute atomic E-state index is 0.1000. The lowest BCUT2D eigenvalue weighted by Crippen LogP contribution is -2.06. The van der Waals surface area contributed by atoms with Crippen molar-refractivity contribution in [3.63, 3.8) is 0 Å². The minimum atomic E-state index is -0.843. The molecule has 78 valence electrons. The van der Waals surface area contributed by atoms with Crippen LogP contribution in [-0.4, -0.2) is 10.8 Å². The fraction of sp³-hybridized carbons (Fsp3) is 0. The Kier molecular flexibility index (Phi) is 3.21. The second kappa shape index (κ2) is 4.58. The summed E-state index contributed by atoms with van der Waals surface area (Å²) in [5.41, 5.74) is 4.84. The average Bonchev–Trinajstić information content (AvgIpc) is 2.25. The third-order valence-corrected chi connectivity index (χ3v) is 1.59. The molecule has 0 atom stereocenters. The van der Waals surface area contributed by atoms with Crippen molar-refractivity contribution in [2.75, 3.05) is 0 Å². The van der Waals surface area contributed by atoms with Gasteiger partial charge in [0, 0.05) is 17.7 Å². The highest BCUT2D eigenvalue weighted by atomic mass is 16.6. The number of nitrogens with zero attached hydrogens (tertiary/aromatic N) is 2. The van der Waals surface area contributed by atoms with Crippen LogP contribution >= 0.6 is 0 Å². The average molecular weight is 215 g/mol. The largest absolute Gasteiger partial charge is 0.359 e. The number of hydrogen-bond donors (Lipinski definition) is 1. The number of non-ortho nitro benzene ring substituents is 1. The van der Waals surface area contributed by atoms with Crippen molar-refractivity contribution < 1.29 is 9.72 Å². The standard InChI is InChI=1S/C10H5N3O3/c11-6-8-3-7(1-2-10(12)14)4-9(5-8)13(15)16/h3-5H,(H2,12,14). The quantitative estimate of drug-likeness (QED) is 0.412. The number of rotatable bonds is 1. The summed E-state index contributed by atoms with van der Waals surface area (Å²) in [5.74, 6) is 3.53. The van der Waals surface area contributed by atoms with E-state index in [1.807, 2.05) is 5.92 Å². The first-order valence-electron chi connectivity index (χ1n) is 4.04. The molecule has 0 radical (unpaired) electrons. The van der Waals surface area contributed by atoms with Crippen LogP contribution in [0.2, 0.25) is 0 Å². The van der Waals surface area contributed by atoms with Gasteiger partial charge in [-0.1, -0.05) is 5.92 Å². The lowest BCUT2D eigenvalue weighted by atomic mass is 10.1. The molecular weight excluding hydrogens is 210 g/mol. The monoisotopic (exact) mass is 215 g/mol. The molecule has 0 aliphatic rings. The van der Waals surface area contributed by atoms with Gasteiger partial charge >= 0.3 is 0 Å². The SMILES string of the molecule is N#Cc1cc(C#CC(N)=O)cc([N+](=O)[O-])c1. The normalized spacial score (nSPS) is 8.44. The van der Waals surface area contributed by atoms with Crippen LogP contribution in [0.4, 0.5) is 5.69 Å². The molecule has 0 unspecified atom stereocenters. The number of nitrogens with two attached hydrogens (primary N) is 1. The maximum absolute atomic E-state index is 10.5. The molecule has 0 aromatic heterocycles. The smallest absolute Gasteiger partial charge is 0.293 e. The Morgan fingerprint density at radius 2 is 2.00 bits per heavy atom. The summed E-state index contributed by atoms with van der Waals surface area (Å²) >= 11 is 0. The first kappa shape index (κ1) is 11.2. The highest BCUT2D eigenvalue weighted by Crippen LogP contribution is 2.15. The fourth-order valence-corrected chi connectivity index (χ4v) is 0.987. The minimum Gasteiger partial charge on any atom is -0.359 e. The first-order chi connectivity index (χ1) is 7.52. The molecule has 0 aliphatic carbocycles. The van der Waals surface area contributed by atoms with Crippen LogP contribution in [0.5, 0.6) is 0 Å². The van der Waals surface area contributed by atoms with Crippen molar-refractivity contribution in [3.8, 4) is 17.9 Å². The van der Waals surface area contributed by atoms with Crippen molar-refractivity contribution in [1.29, 1.82) is 5.26 Å². The molecule has 1 aromatic carbocycles. The fourth-order valence-electron chi connectivity index (χ4n) is 0.987. The summed E-state index contributed by atoms with van der Waals surface area (Å²) in [4.78, 5) is 20.3. The van der Waals surface area contributed by atoms with Gasteiger partial charge in [-0.05, 0) is 12.0 Å². The van der Waals surface area contributed by atoms with Gasteiger partial charge in [-0.2, -0.15) is 5.26 Å². The summed E-state index contributed by atoms with van der Waals surface area (Å²) in [6.45, 7) is 0. The zero-order valence-electron chi connectivity index (χ0n) is 7.93. The van der Waals surface area contributed by atoms with Gasteiger partial charge in [-0.15, -0.1) is 0 Å². The van der Waals surface area contributed by atoms with Gasteiger partial charge in [0.05, 0.1) is 16.6 Å². The van der Waals surface area contributed by atoms with E-state index in [9.17, 15) is 14.9 Å². The number of amides is 1. The van der Waals surface area contributed by atoms with E-state index in [0.29, 0.717) is 0 Å². The summed E-state index contributed by atoms with van der Waals surface area (Å²) < 4.78 is 0. The van der Waals surface area contributed by atoms with Crippen molar-refractivity contribution in [1.82, 2.24) is 0 Å². The Morgan fingerprint density at radius 1 is 1.38 bits per heavy atom. The van der Waals surface area contributed by atoms with Gasteiger partial charge in [-0.25, -0.2) is 0 Å².